The van der Waals surface area contributed by atoms with E-state index in [1.54, 1.807) is 0 Å². The SMILES string of the molecule is CCn1c(SCC(=O)Nc2nc3ccccc3s2)nnc1C(C)Oc1cc(C)cc(C)c1. The summed E-state index contributed by atoms with van der Waals surface area (Å²) in [4.78, 5) is 16.9. The Bertz CT molecular complexity index is 1200. The van der Waals surface area contributed by atoms with E-state index in [0.29, 0.717) is 16.8 Å². The number of fused-ring (bicyclic) bond motifs is 1. The molecule has 0 saturated heterocycles. The van der Waals surface area contributed by atoms with Crippen LogP contribution in [0.1, 0.15) is 36.9 Å². The molecule has 0 bridgehead atoms. The number of nitrogens with zero attached hydrogens (tertiary/aromatic N) is 4. The standard InChI is InChI=1S/C23H25N5O2S2/c1-5-28-21(16(4)30-17-11-14(2)10-15(3)12-17)26-27-23(28)31-13-20(29)25-22-24-18-8-6-7-9-19(18)32-22/h6-12,16H,5,13H2,1-4H3,(H,24,25,29). The highest BCUT2D eigenvalue weighted by molar-refractivity contribution is 7.99. The van der Waals surface area contributed by atoms with Crippen LogP contribution in [0.15, 0.2) is 47.6 Å². The van der Waals surface area contributed by atoms with E-state index in [1.165, 1.54) is 23.1 Å². The molecular weight excluding hydrogens is 442 g/mol. The van der Waals surface area contributed by atoms with Gasteiger partial charge < -0.3 is 14.6 Å². The number of amides is 1. The van der Waals surface area contributed by atoms with Crippen LogP contribution in [-0.4, -0.2) is 31.4 Å². The Hall–Kier alpha value is -2.91. The monoisotopic (exact) mass is 467 g/mol. The molecule has 9 heteroatoms. The molecule has 0 fully saturated rings. The average Bonchev–Trinajstić information content (AvgIpc) is 3.34. The molecule has 1 unspecified atom stereocenters. The van der Waals surface area contributed by atoms with Gasteiger partial charge in [0.15, 0.2) is 22.2 Å². The third-order valence-corrected chi connectivity index (χ3v) is 6.72. The molecule has 4 rings (SSSR count). The van der Waals surface area contributed by atoms with Crippen molar-refractivity contribution >= 4 is 44.4 Å². The van der Waals surface area contributed by atoms with Gasteiger partial charge in [0.1, 0.15) is 5.75 Å². The first-order chi connectivity index (χ1) is 15.4. The van der Waals surface area contributed by atoms with Crippen molar-refractivity contribution in [3.8, 4) is 5.75 Å². The van der Waals surface area contributed by atoms with Crippen LogP contribution in [0.5, 0.6) is 5.75 Å². The van der Waals surface area contributed by atoms with Crippen molar-refractivity contribution < 1.29 is 9.53 Å². The topological polar surface area (TPSA) is 81.9 Å². The number of thioether (sulfide) groups is 1. The molecule has 32 heavy (non-hydrogen) atoms. The number of aryl methyl sites for hydroxylation is 2. The fourth-order valence-electron chi connectivity index (χ4n) is 3.47. The first kappa shape index (κ1) is 22.3. The molecule has 2 heterocycles. The quantitative estimate of drug-likeness (QED) is 0.350. The summed E-state index contributed by atoms with van der Waals surface area (Å²) >= 11 is 2.82. The summed E-state index contributed by atoms with van der Waals surface area (Å²) < 4.78 is 9.17. The Balaban J connectivity index is 1.40. The lowest BCUT2D eigenvalue weighted by Gasteiger charge is -2.16. The smallest absolute Gasteiger partial charge is 0.236 e. The molecule has 1 N–H and O–H groups in total. The van der Waals surface area contributed by atoms with Gasteiger partial charge in [0.05, 0.1) is 16.0 Å². The van der Waals surface area contributed by atoms with Crippen LogP contribution in [-0.2, 0) is 11.3 Å². The molecule has 0 radical (unpaired) electrons. The third kappa shape index (κ3) is 5.11. The molecular formula is C23H25N5O2S2. The zero-order valence-corrected chi connectivity index (χ0v) is 20.1. The molecule has 0 spiro atoms. The molecule has 0 aliphatic heterocycles. The van der Waals surface area contributed by atoms with Crippen molar-refractivity contribution in [1.82, 2.24) is 19.7 Å². The van der Waals surface area contributed by atoms with Gasteiger partial charge in [0.25, 0.3) is 0 Å². The zero-order valence-electron chi connectivity index (χ0n) is 18.5. The van der Waals surface area contributed by atoms with E-state index in [4.69, 9.17) is 4.74 Å². The van der Waals surface area contributed by atoms with Crippen LogP contribution >= 0.6 is 23.1 Å². The first-order valence-corrected chi connectivity index (χ1v) is 12.2. The molecule has 2 aromatic carbocycles. The van der Waals surface area contributed by atoms with Crippen molar-refractivity contribution in [3.63, 3.8) is 0 Å². The maximum Gasteiger partial charge on any atom is 0.236 e. The number of ether oxygens (including phenoxy) is 1. The number of benzene rings is 2. The number of rotatable bonds is 8. The molecule has 1 amide bonds. The second-order valence-electron chi connectivity index (χ2n) is 7.49. The Kier molecular flexibility index (Phi) is 6.76. The number of aromatic nitrogens is 4. The Morgan fingerprint density at radius 2 is 1.94 bits per heavy atom. The molecule has 7 nitrogen and oxygen atoms in total. The fourth-order valence-corrected chi connectivity index (χ4v) is 5.17. The average molecular weight is 468 g/mol. The van der Waals surface area contributed by atoms with Crippen LogP contribution in [0.2, 0.25) is 0 Å². The number of hydrogen-bond donors (Lipinski definition) is 1. The van der Waals surface area contributed by atoms with E-state index in [9.17, 15) is 4.79 Å². The number of carbonyl (C=O) groups excluding carboxylic acids is 1. The first-order valence-electron chi connectivity index (χ1n) is 10.4. The van der Waals surface area contributed by atoms with Gasteiger partial charge in [0, 0.05) is 6.54 Å². The van der Waals surface area contributed by atoms with Crippen molar-refractivity contribution in [1.29, 1.82) is 0 Å². The van der Waals surface area contributed by atoms with E-state index in [1.807, 2.05) is 68.7 Å². The molecule has 2 aromatic heterocycles. The van der Waals surface area contributed by atoms with E-state index in [2.05, 4.69) is 26.6 Å². The molecule has 1 atom stereocenters. The van der Waals surface area contributed by atoms with Crippen LogP contribution in [0.25, 0.3) is 10.2 Å². The summed E-state index contributed by atoms with van der Waals surface area (Å²) in [6.07, 6.45) is -0.269. The molecule has 0 aliphatic rings. The van der Waals surface area contributed by atoms with Gasteiger partial charge >= 0.3 is 0 Å². The van der Waals surface area contributed by atoms with Crippen molar-refractivity contribution in [3.05, 3.63) is 59.4 Å². The second kappa shape index (κ2) is 9.70. The maximum absolute atomic E-state index is 12.5. The van der Waals surface area contributed by atoms with Crippen LogP contribution in [0.4, 0.5) is 5.13 Å². The highest BCUT2D eigenvalue weighted by Gasteiger charge is 2.20. The number of para-hydroxylation sites is 1. The lowest BCUT2D eigenvalue weighted by atomic mass is 10.1. The highest BCUT2D eigenvalue weighted by Crippen LogP contribution is 2.27. The number of hydrogen-bond acceptors (Lipinski definition) is 7. The lowest BCUT2D eigenvalue weighted by molar-refractivity contribution is -0.113. The van der Waals surface area contributed by atoms with E-state index in [0.717, 1.165) is 32.9 Å². The minimum absolute atomic E-state index is 0.124. The Morgan fingerprint density at radius 1 is 1.19 bits per heavy atom. The predicted octanol–water partition coefficient (Wildman–Crippen LogP) is 5.40. The molecule has 166 valence electrons. The second-order valence-corrected chi connectivity index (χ2v) is 9.47. The summed E-state index contributed by atoms with van der Waals surface area (Å²) in [5.41, 5.74) is 3.19. The largest absolute Gasteiger partial charge is 0.483 e. The summed E-state index contributed by atoms with van der Waals surface area (Å²) in [6, 6.07) is 14.0. The zero-order chi connectivity index (χ0) is 22.7. The Morgan fingerprint density at radius 3 is 2.66 bits per heavy atom. The molecule has 0 saturated carbocycles. The summed E-state index contributed by atoms with van der Waals surface area (Å²) in [5, 5.41) is 12.8. The van der Waals surface area contributed by atoms with Crippen molar-refractivity contribution in [2.75, 3.05) is 11.1 Å². The van der Waals surface area contributed by atoms with Gasteiger partial charge in [-0.05, 0) is 63.1 Å². The van der Waals surface area contributed by atoms with Crippen molar-refractivity contribution in [2.45, 2.75) is 45.5 Å². The van der Waals surface area contributed by atoms with Gasteiger partial charge in [0.2, 0.25) is 5.91 Å². The third-order valence-electron chi connectivity index (χ3n) is 4.81. The number of carbonyl (C=O) groups is 1. The predicted molar refractivity (Wildman–Crippen MR) is 130 cm³/mol. The number of thiazole rings is 1. The normalized spacial score (nSPS) is 12.1. The minimum atomic E-state index is -0.269. The van der Waals surface area contributed by atoms with Gasteiger partial charge in [-0.1, -0.05) is 41.3 Å². The number of anilines is 1. The van der Waals surface area contributed by atoms with Gasteiger partial charge in [-0.3, -0.25) is 4.79 Å². The van der Waals surface area contributed by atoms with Gasteiger partial charge in [-0.15, -0.1) is 10.2 Å². The molecule has 0 aliphatic carbocycles. The maximum atomic E-state index is 12.5. The van der Waals surface area contributed by atoms with E-state index < -0.39 is 0 Å². The van der Waals surface area contributed by atoms with Gasteiger partial charge in [-0.25, -0.2) is 4.98 Å². The minimum Gasteiger partial charge on any atom is -0.483 e. The fraction of sp³-hybridized carbons (Fsp3) is 0.304. The Labute approximate surface area is 195 Å². The molecule has 4 aromatic rings. The number of nitrogens with one attached hydrogen (secondary N) is 1. The lowest BCUT2D eigenvalue weighted by Crippen LogP contribution is -2.15. The van der Waals surface area contributed by atoms with E-state index >= 15 is 0 Å². The van der Waals surface area contributed by atoms with Crippen LogP contribution in [0, 0.1) is 13.8 Å². The summed E-state index contributed by atoms with van der Waals surface area (Å²) in [6.45, 7) is 8.77. The highest BCUT2D eigenvalue weighted by atomic mass is 32.2. The summed E-state index contributed by atoms with van der Waals surface area (Å²) in [7, 11) is 0. The van der Waals surface area contributed by atoms with Gasteiger partial charge in [-0.2, -0.15) is 0 Å². The van der Waals surface area contributed by atoms with Crippen LogP contribution in [0.3, 0.4) is 0 Å². The van der Waals surface area contributed by atoms with Crippen LogP contribution < -0.4 is 10.1 Å². The van der Waals surface area contributed by atoms with Crippen molar-refractivity contribution in [2.24, 2.45) is 0 Å². The van der Waals surface area contributed by atoms with E-state index in [-0.39, 0.29) is 17.8 Å². The summed E-state index contributed by atoms with van der Waals surface area (Å²) in [5.74, 6) is 1.65.